The molecule has 0 aliphatic carbocycles. The van der Waals surface area contributed by atoms with Gasteiger partial charge >= 0.3 is 12.1 Å². The largest absolute Gasteiger partial charge is 0.480 e. The molecule has 1 amide bonds. The fourth-order valence-electron chi connectivity index (χ4n) is 1.32. The molecule has 0 aromatic carbocycles. The fraction of sp³-hybridized carbons (Fsp3) is 0.818. The lowest BCUT2D eigenvalue weighted by Gasteiger charge is -2.36. The van der Waals surface area contributed by atoms with Crippen LogP contribution in [0.5, 0.6) is 0 Å². The molecule has 0 radical (unpaired) electrons. The molecule has 2 N–H and O–H groups in total. The smallest absolute Gasteiger partial charge is 0.408 e. The highest BCUT2D eigenvalue weighted by Gasteiger charge is 2.39. The zero-order valence-electron chi connectivity index (χ0n) is 12.3. The molecule has 0 bridgehead atoms. The molecule has 0 aliphatic heterocycles. The van der Waals surface area contributed by atoms with Gasteiger partial charge in [-0.2, -0.15) is 0 Å². The molecule has 0 rings (SSSR count). The first kappa shape index (κ1) is 16.9. The van der Waals surface area contributed by atoms with Crippen molar-refractivity contribution in [3.63, 3.8) is 0 Å². The maximum absolute atomic E-state index is 11.6. The first-order chi connectivity index (χ1) is 7.88. The maximum Gasteiger partial charge on any atom is 0.408 e. The zero-order chi connectivity index (χ0) is 14.7. The number of hydrogen-bond acceptors (Lipinski definition) is 3. The molecule has 0 aromatic rings. The van der Waals surface area contributed by atoms with Crippen LogP contribution in [0.1, 0.15) is 34.6 Å². The van der Waals surface area contributed by atoms with Gasteiger partial charge in [0, 0.05) is 0 Å². The number of carbonyl (C=O) groups is 2. The second kappa shape index (κ2) is 5.67. The van der Waals surface area contributed by atoms with Crippen molar-refractivity contribution in [1.29, 1.82) is 0 Å². The second-order valence-corrected chi connectivity index (χ2v) is 6.39. The van der Waals surface area contributed by atoms with Crippen molar-refractivity contribution in [2.75, 3.05) is 0 Å². The van der Waals surface area contributed by atoms with Gasteiger partial charge in [0.15, 0.2) is 0 Å². The first-order valence-corrected chi connectivity index (χ1v) is 6.10. The summed E-state index contributed by atoms with van der Waals surface area (Å²) in [5.74, 6) is -0.951. The van der Waals surface area contributed by atoms with Gasteiger partial charge < -0.3 is 15.2 Å². The van der Waals surface area contributed by atoms with E-state index in [2.05, 4.69) is 5.32 Å². The Hall–Kier alpha value is -1.13. The third kappa shape index (κ3) is 5.02. The summed E-state index contributed by atoms with van der Waals surface area (Å²) in [4.78, 5) is 22.9. The van der Waals surface area contributed by atoms with Gasteiger partial charge in [-0.3, -0.25) is 4.79 Å². The van der Waals surface area contributed by atoms with Gasteiger partial charge in [-0.1, -0.05) is 25.0 Å². The summed E-state index contributed by atoms with van der Waals surface area (Å²) in [6, 6.07) is -0.979. The summed E-state index contributed by atoms with van der Waals surface area (Å²) in [6.07, 6.45) is -0.705. The van der Waals surface area contributed by atoms with Crippen molar-refractivity contribution in [3.8, 4) is 0 Å². The number of nitrogens with one attached hydrogen (secondary N) is 1. The van der Waals surface area contributed by atoms with E-state index >= 15 is 0 Å². The van der Waals surface area contributed by atoms with Crippen LogP contribution in [0.2, 0.25) is 5.21 Å². The lowest BCUT2D eigenvalue weighted by molar-refractivity contribution is -0.140. The third-order valence-corrected chi connectivity index (χ3v) is 3.14. The van der Waals surface area contributed by atoms with Crippen molar-refractivity contribution in [2.45, 2.75) is 51.5 Å². The molecule has 0 fully saturated rings. The molecular formula is C11H23B2NO4. The minimum atomic E-state index is -1.06. The van der Waals surface area contributed by atoms with Crippen molar-refractivity contribution in [3.05, 3.63) is 0 Å². The molecule has 0 spiro atoms. The topological polar surface area (TPSA) is 75.6 Å². The minimum absolute atomic E-state index is 0.105. The molecule has 0 saturated heterocycles. The molecular weight excluding hydrogens is 232 g/mol. The molecule has 18 heavy (non-hydrogen) atoms. The molecule has 0 aromatic heterocycles. The Morgan fingerprint density at radius 2 is 1.67 bits per heavy atom. The highest BCUT2D eigenvalue weighted by Crippen LogP contribution is 2.31. The van der Waals surface area contributed by atoms with E-state index in [1.165, 1.54) is 0 Å². The molecule has 0 unspecified atom stereocenters. The van der Waals surface area contributed by atoms with Crippen LogP contribution >= 0.6 is 0 Å². The number of rotatable bonds is 4. The monoisotopic (exact) mass is 255 g/mol. The van der Waals surface area contributed by atoms with Crippen molar-refractivity contribution >= 4 is 27.8 Å². The Kier molecular flexibility index (Phi) is 5.32. The van der Waals surface area contributed by atoms with Crippen LogP contribution in [0.15, 0.2) is 0 Å². The van der Waals surface area contributed by atoms with Crippen LogP contribution in [0.3, 0.4) is 0 Å². The zero-order valence-corrected chi connectivity index (χ0v) is 12.3. The molecule has 1 atom stereocenters. The first-order valence-electron chi connectivity index (χ1n) is 6.10. The van der Waals surface area contributed by atoms with E-state index in [1.54, 1.807) is 20.8 Å². The molecule has 5 nitrogen and oxygen atoms in total. The molecule has 7 heteroatoms. The number of carboxylic acids is 1. The number of alkyl carbamates (subject to hydrolysis) is 1. The Bertz CT molecular complexity index is 323. The standard InChI is InChI=1S/C11H23B2NO4/c1-6(2)11(12,13)7(8(15)16)14-9(17)18-10(3,4)5/h6-7H,12-13H2,1-5H3,(H,14,17)(H,15,16)/t7-/m1/s1. The summed E-state index contributed by atoms with van der Waals surface area (Å²) >= 11 is 0. The summed E-state index contributed by atoms with van der Waals surface area (Å²) in [5, 5.41) is 11.1. The predicted molar refractivity (Wildman–Crippen MR) is 75.4 cm³/mol. The van der Waals surface area contributed by atoms with Gasteiger partial charge in [0.1, 0.15) is 27.3 Å². The van der Waals surface area contributed by atoms with Crippen LogP contribution in [-0.4, -0.2) is 44.5 Å². The third-order valence-electron chi connectivity index (χ3n) is 3.14. The van der Waals surface area contributed by atoms with E-state index in [-0.39, 0.29) is 5.92 Å². The fourth-order valence-corrected chi connectivity index (χ4v) is 1.32. The average molecular weight is 255 g/mol. The van der Waals surface area contributed by atoms with Crippen LogP contribution in [0.4, 0.5) is 4.79 Å². The number of hydrogen-bond donors (Lipinski definition) is 2. The van der Waals surface area contributed by atoms with Gasteiger partial charge in [0.05, 0.1) is 0 Å². The van der Waals surface area contributed by atoms with E-state index < -0.39 is 28.9 Å². The van der Waals surface area contributed by atoms with Crippen LogP contribution in [0, 0.1) is 5.92 Å². The highest BCUT2D eigenvalue weighted by molar-refractivity contribution is 6.42. The Labute approximate surface area is 110 Å². The number of amides is 1. The van der Waals surface area contributed by atoms with Gasteiger partial charge in [0.25, 0.3) is 0 Å². The number of carbonyl (C=O) groups excluding carboxylic acids is 1. The summed E-state index contributed by atoms with van der Waals surface area (Å²) in [7, 11) is 3.63. The highest BCUT2D eigenvalue weighted by atomic mass is 16.6. The lowest BCUT2D eigenvalue weighted by Crippen LogP contribution is -2.52. The minimum Gasteiger partial charge on any atom is -0.480 e. The van der Waals surface area contributed by atoms with Gasteiger partial charge in [-0.25, -0.2) is 4.79 Å². The van der Waals surface area contributed by atoms with Crippen molar-refractivity contribution in [1.82, 2.24) is 5.32 Å². The molecule has 0 saturated carbocycles. The van der Waals surface area contributed by atoms with Gasteiger partial charge in [-0.15, -0.1) is 0 Å². The van der Waals surface area contributed by atoms with Gasteiger partial charge in [-0.05, 0) is 20.8 Å². The number of ether oxygens (including phenoxy) is 1. The molecule has 102 valence electrons. The predicted octanol–water partition coefficient (Wildman–Crippen LogP) is 0.00270. The molecule has 0 aliphatic rings. The summed E-state index contributed by atoms with van der Waals surface area (Å²) in [6.45, 7) is 9.04. The van der Waals surface area contributed by atoms with Crippen LogP contribution in [0.25, 0.3) is 0 Å². The Morgan fingerprint density at radius 1 is 1.22 bits per heavy atom. The quantitative estimate of drug-likeness (QED) is 0.693. The van der Waals surface area contributed by atoms with Crippen molar-refractivity contribution < 1.29 is 19.4 Å². The number of aliphatic carboxylic acids is 1. The maximum atomic E-state index is 11.6. The normalized spacial score (nSPS) is 14.1. The van der Waals surface area contributed by atoms with Gasteiger partial charge in [0.2, 0.25) is 0 Å². The van der Waals surface area contributed by atoms with E-state index in [1.807, 2.05) is 29.5 Å². The Morgan fingerprint density at radius 3 is 1.94 bits per heavy atom. The molecule has 0 heterocycles. The summed E-state index contributed by atoms with van der Waals surface area (Å²) in [5.41, 5.74) is -0.644. The lowest BCUT2D eigenvalue weighted by atomic mass is 9.45. The van der Waals surface area contributed by atoms with E-state index in [9.17, 15) is 14.7 Å². The number of carboxylic acid groups (broad SMARTS) is 1. The van der Waals surface area contributed by atoms with Crippen molar-refractivity contribution in [2.24, 2.45) is 5.92 Å². The second-order valence-electron chi connectivity index (χ2n) is 6.39. The Balaban J connectivity index is 4.87. The van der Waals surface area contributed by atoms with E-state index in [4.69, 9.17) is 4.74 Å². The summed E-state index contributed by atoms with van der Waals surface area (Å²) < 4.78 is 5.08. The van der Waals surface area contributed by atoms with E-state index in [0.29, 0.717) is 0 Å². The van der Waals surface area contributed by atoms with E-state index in [0.717, 1.165) is 0 Å². The average Bonchev–Trinajstić information content (AvgIpc) is 2.10. The van der Waals surface area contributed by atoms with Crippen LogP contribution in [-0.2, 0) is 9.53 Å². The SMILES string of the molecule is BC(B)(C(C)C)[C@H](NC(=O)OC(C)(C)C)C(=O)O. The van der Waals surface area contributed by atoms with Crippen LogP contribution < -0.4 is 5.32 Å².